The topological polar surface area (TPSA) is 183 Å². The molecule has 0 unspecified atom stereocenters. The normalized spacial score (nSPS) is 10.9. The van der Waals surface area contributed by atoms with E-state index in [9.17, 15) is 20.0 Å². The Balaban J connectivity index is 1.28. The zero-order valence-corrected chi connectivity index (χ0v) is 34.3. The minimum Gasteiger partial charge on any atom is -0.507 e. The van der Waals surface area contributed by atoms with E-state index in [-0.39, 0.29) is 38.4 Å². The number of phenolic OH excluding ortho intramolecular Hbond substituents is 1. The average molecular weight is 842 g/mol. The minimum absolute atomic E-state index is 0.0260. The quantitative estimate of drug-likeness (QED) is 0.0418. The van der Waals surface area contributed by atoms with Crippen molar-refractivity contribution >= 4 is 35.1 Å². The first-order chi connectivity index (χ1) is 28.4. The van der Waals surface area contributed by atoms with Gasteiger partial charge in [0.15, 0.2) is 0 Å². The molecule has 0 aliphatic carbocycles. The molecule has 12 nitrogen and oxygen atoms in total. The Kier molecular flexibility index (Phi) is 16.3. The van der Waals surface area contributed by atoms with Gasteiger partial charge in [-0.15, -0.1) is 0 Å². The molecule has 0 fully saturated rings. The standard InChI is InChI=1S/C45H46Cl2N4O8/c1-28-32(26-58-42-18-40(52)34(16-38(42)46)23-49-13-5-11-44(53)54)7-3-9-36(28)37-10-4-8-33(29(37)2)27-59-43-19-41(57-25-31-15-30(20-48)21-51-22-31)35(17-39(43)47)24-50-14-6-12-45(55)56/h3-4,7-10,15-19,21-22,49-50,52H,5-6,11-14,23-27H2,1-2H3,(H,53,54)(H,55,56). The number of nitriles is 1. The molecule has 5 N–H and O–H groups in total. The van der Waals surface area contributed by atoms with E-state index in [1.807, 2.05) is 38.1 Å². The fraction of sp³-hybridized carbons (Fsp3) is 0.289. The number of carboxylic acid groups (broad SMARTS) is 2. The number of hydrogen-bond acceptors (Lipinski definition) is 10. The van der Waals surface area contributed by atoms with E-state index in [2.05, 4.69) is 33.8 Å². The molecule has 5 rings (SSSR count). The van der Waals surface area contributed by atoms with E-state index in [0.29, 0.717) is 77.4 Å². The van der Waals surface area contributed by atoms with Crippen LogP contribution in [0.15, 0.2) is 79.1 Å². The van der Waals surface area contributed by atoms with Crippen LogP contribution in [0.4, 0.5) is 0 Å². The number of carbonyl (C=O) groups is 2. The van der Waals surface area contributed by atoms with Crippen LogP contribution in [0.1, 0.15) is 70.2 Å². The molecule has 0 spiro atoms. The Morgan fingerprint density at radius 2 is 1.22 bits per heavy atom. The highest BCUT2D eigenvalue weighted by Gasteiger charge is 2.16. The van der Waals surface area contributed by atoms with Gasteiger partial charge < -0.3 is 40.2 Å². The fourth-order valence-corrected chi connectivity index (χ4v) is 6.82. The Labute approximate surface area is 353 Å². The largest absolute Gasteiger partial charge is 0.507 e. The van der Waals surface area contributed by atoms with Crippen molar-refractivity contribution in [3.63, 3.8) is 0 Å². The summed E-state index contributed by atoms with van der Waals surface area (Å²) in [6.45, 7) is 6.36. The minimum atomic E-state index is -0.853. The number of pyridine rings is 1. The maximum atomic E-state index is 10.9. The molecular weight excluding hydrogens is 795 g/mol. The van der Waals surface area contributed by atoms with Crippen molar-refractivity contribution in [3.05, 3.63) is 134 Å². The third-order valence-electron chi connectivity index (χ3n) is 9.63. The van der Waals surface area contributed by atoms with Gasteiger partial charge in [-0.05, 0) is 91.4 Å². The second-order valence-electron chi connectivity index (χ2n) is 13.9. The van der Waals surface area contributed by atoms with Crippen molar-refractivity contribution < 1.29 is 39.1 Å². The van der Waals surface area contributed by atoms with E-state index in [1.54, 1.807) is 30.5 Å². The SMILES string of the molecule is Cc1c(COc2cc(O)c(CNCCCC(=O)O)cc2Cl)cccc1-c1cccc(COc2cc(OCc3cncc(C#N)c3)c(CNCCCC(=O)O)cc2Cl)c1C. The Morgan fingerprint density at radius 3 is 1.78 bits per heavy atom. The number of hydrogen-bond donors (Lipinski definition) is 5. The second-order valence-corrected chi connectivity index (χ2v) is 14.7. The summed E-state index contributed by atoms with van der Waals surface area (Å²) in [5.41, 5.74) is 8.45. The average Bonchev–Trinajstić information content (AvgIpc) is 3.21. The number of halogens is 2. The molecule has 1 aromatic heterocycles. The van der Waals surface area contributed by atoms with Crippen LogP contribution in [0, 0.1) is 25.2 Å². The zero-order valence-electron chi connectivity index (χ0n) is 32.8. The van der Waals surface area contributed by atoms with Crippen LogP contribution in [0.25, 0.3) is 11.1 Å². The molecule has 0 aliphatic heterocycles. The van der Waals surface area contributed by atoms with Gasteiger partial charge in [-0.25, -0.2) is 0 Å². The molecule has 0 atom stereocenters. The number of nitrogens with zero attached hydrogens (tertiary/aromatic N) is 2. The number of phenols is 1. The molecule has 5 aromatic rings. The van der Waals surface area contributed by atoms with Gasteiger partial charge in [-0.1, -0.05) is 59.6 Å². The first-order valence-electron chi connectivity index (χ1n) is 19.0. The van der Waals surface area contributed by atoms with E-state index >= 15 is 0 Å². The molecule has 0 saturated carbocycles. The Hall–Kier alpha value is -5.84. The molecule has 308 valence electrons. The highest BCUT2D eigenvalue weighted by Crippen LogP contribution is 2.37. The number of carboxylic acids is 2. The molecule has 0 bridgehead atoms. The van der Waals surface area contributed by atoms with E-state index in [0.717, 1.165) is 44.5 Å². The van der Waals surface area contributed by atoms with Gasteiger partial charge in [0.1, 0.15) is 48.9 Å². The summed E-state index contributed by atoms with van der Waals surface area (Å²) in [5.74, 6) is -0.393. The monoisotopic (exact) mass is 840 g/mol. The first-order valence-corrected chi connectivity index (χ1v) is 19.8. The van der Waals surface area contributed by atoms with Crippen LogP contribution in [0.3, 0.4) is 0 Å². The van der Waals surface area contributed by atoms with Crippen molar-refractivity contribution in [3.8, 4) is 40.2 Å². The van der Waals surface area contributed by atoms with Gasteiger partial charge in [0.25, 0.3) is 0 Å². The number of ether oxygens (including phenoxy) is 3. The zero-order chi connectivity index (χ0) is 42.3. The van der Waals surface area contributed by atoms with Crippen LogP contribution >= 0.6 is 23.2 Å². The van der Waals surface area contributed by atoms with Gasteiger partial charge >= 0.3 is 11.9 Å². The molecule has 1 heterocycles. The molecule has 0 saturated heterocycles. The summed E-state index contributed by atoms with van der Waals surface area (Å²) >= 11 is 13.3. The van der Waals surface area contributed by atoms with Crippen LogP contribution in [-0.2, 0) is 42.5 Å². The third kappa shape index (κ3) is 12.8. The number of aromatic nitrogens is 1. The predicted octanol–water partition coefficient (Wildman–Crippen LogP) is 8.90. The van der Waals surface area contributed by atoms with Gasteiger partial charge in [-0.3, -0.25) is 14.6 Å². The van der Waals surface area contributed by atoms with Crippen LogP contribution in [0.5, 0.6) is 23.0 Å². The highest BCUT2D eigenvalue weighted by molar-refractivity contribution is 6.32. The van der Waals surface area contributed by atoms with Crippen LogP contribution in [-0.4, -0.2) is 45.3 Å². The lowest BCUT2D eigenvalue weighted by Crippen LogP contribution is -2.16. The number of aromatic hydroxyl groups is 1. The lowest BCUT2D eigenvalue weighted by Gasteiger charge is -2.18. The molecule has 14 heteroatoms. The maximum Gasteiger partial charge on any atom is 0.303 e. The predicted molar refractivity (Wildman–Crippen MR) is 225 cm³/mol. The van der Waals surface area contributed by atoms with Crippen LogP contribution < -0.4 is 24.8 Å². The van der Waals surface area contributed by atoms with Gasteiger partial charge in [0.05, 0.1) is 15.6 Å². The molecule has 4 aromatic carbocycles. The number of nitrogens with one attached hydrogen (secondary N) is 2. The van der Waals surface area contributed by atoms with Crippen LogP contribution in [0.2, 0.25) is 10.0 Å². The van der Waals surface area contributed by atoms with Gasteiger partial charge in [0.2, 0.25) is 0 Å². The lowest BCUT2D eigenvalue weighted by atomic mass is 9.92. The number of rotatable bonds is 22. The van der Waals surface area contributed by atoms with E-state index in [4.69, 9.17) is 47.6 Å². The van der Waals surface area contributed by atoms with Gasteiger partial charge in [0, 0.05) is 67.1 Å². The van der Waals surface area contributed by atoms with Gasteiger partial charge in [-0.2, -0.15) is 5.26 Å². The summed E-state index contributed by atoms with van der Waals surface area (Å²) in [6, 6.07) is 22.5. The van der Waals surface area contributed by atoms with E-state index < -0.39 is 11.9 Å². The highest BCUT2D eigenvalue weighted by atomic mass is 35.5. The Morgan fingerprint density at radius 1 is 0.695 bits per heavy atom. The molecule has 0 radical (unpaired) electrons. The van der Waals surface area contributed by atoms with Crippen molar-refractivity contribution in [2.75, 3.05) is 13.1 Å². The maximum absolute atomic E-state index is 10.9. The molecule has 0 amide bonds. The molecule has 59 heavy (non-hydrogen) atoms. The summed E-state index contributed by atoms with van der Waals surface area (Å²) in [5, 5.41) is 44.9. The summed E-state index contributed by atoms with van der Waals surface area (Å²) in [7, 11) is 0. The third-order valence-corrected chi connectivity index (χ3v) is 10.2. The fourth-order valence-electron chi connectivity index (χ4n) is 6.33. The van der Waals surface area contributed by atoms with E-state index in [1.165, 1.54) is 12.3 Å². The number of benzene rings is 4. The van der Waals surface area contributed by atoms with Crippen molar-refractivity contribution in [2.45, 2.75) is 72.4 Å². The number of aliphatic carboxylic acids is 2. The second kappa shape index (κ2) is 21.8. The first kappa shape index (κ1) is 44.3. The summed E-state index contributed by atoms with van der Waals surface area (Å²) < 4.78 is 18.6. The smallest absolute Gasteiger partial charge is 0.303 e. The summed E-state index contributed by atoms with van der Waals surface area (Å²) in [4.78, 5) is 25.8. The van der Waals surface area contributed by atoms with Crippen molar-refractivity contribution in [2.24, 2.45) is 0 Å². The summed E-state index contributed by atoms with van der Waals surface area (Å²) in [6.07, 6.45) is 4.19. The molecular formula is C45H46Cl2N4O8. The van der Waals surface area contributed by atoms with Crippen molar-refractivity contribution in [1.82, 2.24) is 15.6 Å². The lowest BCUT2D eigenvalue weighted by molar-refractivity contribution is -0.138. The van der Waals surface area contributed by atoms with Crippen molar-refractivity contribution in [1.29, 1.82) is 5.26 Å². The Bertz CT molecular complexity index is 2310. The molecule has 0 aliphatic rings.